The van der Waals surface area contributed by atoms with Crippen molar-refractivity contribution in [2.75, 3.05) is 26.7 Å². The fourth-order valence-electron chi connectivity index (χ4n) is 2.60. The Balaban J connectivity index is 1.76. The Morgan fingerprint density at radius 1 is 1.50 bits per heavy atom. The molecule has 1 aromatic heterocycles. The molecule has 0 atom stereocenters. The van der Waals surface area contributed by atoms with Gasteiger partial charge in [-0.3, -0.25) is 9.48 Å². The molecule has 0 spiro atoms. The van der Waals surface area contributed by atoms with E-state index >= 15 is 0 Å². The number of rotatable bonds is 5. The lowest BCUT2D eigenvalue weighted by Gasteiger charge is -2.36. The van der Waals surface area contributed by atoms with Crippen molar-refractivity contribution in [1.29, 1.82) is 5.26 Å². The summed E-state index contributed by atoms with van der Waals surface area (Å²) >= 11 is 0. The van der Waals surface area contributed by atoms with Crippen LogP contribution in [-0.4, -0.2) is 58.2 Å². The molecule has 2 rings (SSSR count). The molecule has 0 aromatic carbocycles. The maximum absolute atomic E-state index is 12.1. The number of carbonyl (C=O) groups is 1. The zero-order chi connectivity index (χ0) is 14.4. The van der Waals surface area contributed by atoms with Crippen LogP contribution in [0.1, 0.15) is 19.3 Å². The maximum Gasteiger partial charge on any atom is 0.244 e. The summed E-state index contributed by atoms with van der Waals surface area (Å²) in [4.78, 5) is 16.3. The second kappa shape index (κ2) is 7.06. The third kappa shape index (κ3) is 3.81. The molecule has 0 N–H and O–H groups in total. The number of aromatic nitrogens is 2. The largest absolute Gasteiger partial charge is 0.341 e. The van der Waals surface area contributed by atoms with Gasteiger partial charge in [0.05, 0.1) is 6.07 Å². The van der Waals surface area contributed by atoms with Crippen molar-refractivity contribution in [3.05, 3.63) is 18.5 Å². The number of nitrogens with zero attached hydrogens (tertiary/aromatic N) is 5. The van der Waals surface area contributed by atoms with Crippen LogP contribution < -0.4 is 0 Å². The summed E-state index contributed by atoms with van der Waals surface area (Å²) in [5.74, 6) is 0.131. The first kappa shape index (κ1) is 14.5. The number of hydrogen-bond acceptors (Lipinski definition) is 4. The van der Waals surface area contributed by atoms with Crippen molar-refractivity contribution in [1.82, 2.24) is 19.6 Å². The van der Waals surface area contributed by atoms with E-state index in [1.807, 2.05) is 11.0 Å². The molecule has 2 heterocycles. The van der Waals surface area contributed by atoms with Gasteiger partial charge in [0.25, 0.3) is 0 Å². The fourth-order valence-corrected chi connectivity index (χ4v) is 2.60. The molecule has 1 amide bonds. The standard InChI is InChI=1S/C14H21N5O/c1-17(8-2-6-15)13-4-10-18(11-5-13)14(20)12-19-9-3-7-16-19/h3,7,9,13H,2,4-5,8,10-12H2,1H3. The van der Waals surface area contributed by atoms with Crippen LogP contribution in [0.15, 0.2) is 18.5 Å². The fraction of sp³-hybridized carbons (Fsp3) is 0.643. The topological polar surface area (TPSA) is 65.2 Å². The number of piperidine rings is 1. The summed E-state index contributed by atoms with van der Waals surface area (Å²) in [6.45, 7) is 2.72. The summed E-state index contributed by atoms with van der Waals surface area (Å²) < 4.78 is 1.66. The van der Waals surface area contributed by atoms with Gasteiger partial charge in [-0.2, -0.15) is 10.4 Å². The molecule has 6 nitrogen and oxygen atoms in total. The highest BCUT2D eigenvalue weighted by atomic mass is 16.2. The predicted octanol–water partition coefficient (Wildman–Crippen LogP) is 0.720. The third-order valence-corrected chi connectivity index (χ3v) is 3.87. The second-order valence-electron chi connectivity index (χ2n) is 5.20. The number of carbonyl (C=O) groups excluding carboxylic acids is 1. The molecule has 1 fully saturated rings. The van der Waals surface area contributed by atoms with Crippen molar-refractivity contribution in [2.24, 2.45) is 0 Å². The summed E-state index contributed by atoms with van der Waals surface area (Å²) in [6, 6.07) is 4.48. The zero-order valence-electron chi connectivity index (χ0n) is 11.9. The van der Waals surface area contributed by atoms with Crippen LogP contribution >= 0.6 is 0 Å². The monoisotopic (exact) mass is 275 g/mol. The molecule has 6 heteroatoms. The first-order valence-electron chi connectivity index (χ1n) is 7.03. The van der Waals surface area contributed by atoms with Gasteiger partial charge in [-0.1, -0.05) is 0 Å². The number of likely N-dealkylation sites (tertiary alicyclic amines) is 1. The van der Waals surface area contributed by atoms with Crippen LogP contribution in [0, 0.1) is 11.3 Å². The van der Waals surface area contributed by atoms with Gasteiger partial charge in [0.1, 0.15) is 6.54 Å². The van der Waals surface area contributed by atoms with Crippen molar-refractivity contribution >= 4 is 5.91 Å². The van der Waals surface area contributed by atoms with Crippen LogP contribution in [-0.2, 0) is 11.3 Å². The Bertz CT molecular complexity index is 456. The zero-order valence-corrected chi connectivity index (χ0v) is 11.9. The third-order valence-electron chi connectivity index (χ3n) is 3.87. The van der Waals surface area contributed by atoms with Crippen LogP contribution in [0.4, 0.5) is 0 Å². The summed E-state index contributed by atoms with van der Waals surface area (Å²) in [5, 5.41) is 12.7. The number of nitriles is 1. The first-order valence-corrected chi connectivity index (χ1v) is 7.03. The highest BCUT2D eigenvalue weighted by molar-refractivity contribution is 5.76. The van der Waals surface area contributed by atoms with Crippen LogP contribution in [0.5, 0.6) is 0 Å². The lowest BCUT2D eigenvalue weighted by Crippen LogP contribution is -2.46. The van der Waals surface area contributed by atoms with E-state index in [2.05, 4.69) is 23.1 Å². The Labute approximate surface area is 119 Å². The first-order chi connectivity index (χ1) is 9.70. The molecule has 0 radical (unpaired) electrons. The SMILES string of the molecule is CN(CCC#N)C1CCN(C(=O)Cn2cccn2)CC1. The minimum atomic E-state index is 0.131. The minimum absolute atomic E-state index is 0.131. The molecule has 0 aliphatic carbocycles. The van der Waals surface area contributed by atoms with E-state index in [0.717, 1.165) is 32.5 Å². The van der Waals surface area contributed by atoms with Gasteiger partial charge in [0.15, 0.2) is 0 Å². The minimum Gasteiger partial charge on any atom is -0.341 e. The average molecular weight is 275 g/mol. The van der Waals surface area contributed by atoms with Gasteiger partial charge in [0, 0.05) is 44.5 Å². The van der Waals surface area contributed by atoms with E-state index in [1.165, 1.54) is 0 Å². The Hall–Kier alpha value is -1.87. The molecular formula is C14H21N5O. The molecule has 0 saturated carbocycles. The second-order valence-corrected chi connectivity index (χ2v) is 5.20. The Morgan fingerprint density at radius 2 is 2.25 bits per heavy atom. The summed E-state index contributed by atoms with van der Waals surface area (Å²) in [7, 11) is 2.06. The molecule has 1 aliphatic rings. The van der Waals surface area contributed by atoms with Crippen LogP contribution in [0.2, 0.25) is 0 Å². The van der Waals surface area contributed by atoms with Crippen LogP contribution in [0.25, 0.3) is 0 Å². The highest BCUT2D eigenvalue weighted by Crippen LogP contribution is 2.16. The van der Waals surface area contributed by atoms with E-state index in [4.69, 9.17) is 5.26 Å². The van der Waals surface area contributed by atoms with Crippen LogP contribution in [0.3, 0.4) is 0 Å². The van der Waals surface area contributed by atoms with Gasteiger partial charge < -0.3 is 9.80 Å². The van der Waals surface area contributed by atoms with Crippen molar-refractivity contribution in [2.45, 2.75) is 31.8 Å². The molecular weight excluding hydrogens is 254 g/mol. The smallest absolute Gasteiger partial charge is 0.244 e. The molecule has 0 bridgehead atoms. The van der Waals surface area contributed by atoms with E-state index in [0.29, 0.717) is 19.0 Å². The van der Waals surface area contributed by atoms with Crippen molar-refractivity contribution < 1.29 is 4.79 Å². The lowest BCUT2D eigenvalue weighted by atomic mass is 10.0. The molecule has 1 saturated heterocycles. The molecule has 0 unspecified atom stereocenters. The van der Waals surface area contributed by atoms with Crippen molar-refractivity contribution in [3.63, 3.8) is 0 Å². The van der Waals surface area contributed by atoms with Gasteiger partial charge >= 0.3 is 0 Å². The predicted molar refractivity (Wildman–Crippen MR) is 74.7 cm³/mol. The van der Waals surface area contributed by atoms with E-state index in [1.54, 1.807) is 17.1 Å². The highest BCUT2D eigenvalue weighted by Gasteiger charge is 2.25. The Morgan fingerprint density at radius 3 is 2.85 bits per heavy atom. The quantitative estimate of drug-likeness (QED) is 0.794. The number of amides is 1. The molecule has 1 aromatic rings. The van der Waals surface area contributed by atoms with E-state index in [-0.39, 0.29) is 5.91 Å². The van der Waals surface area contributed by atoms with Gasteiger partial charge in [-0.05, 0) is 26.0 Å². The molecule has 108 valence electrons. The van der Waals surface area contributed by atoms with Gasteiger partial charge in [-0.15, -0.1) is 0 Å². The Kier molecular flexibility index (Phi) is 5.13. The maximum atomic E-state index is 12.1. The lowest BCUT2D eigenvalue weighted by molar-refractivity contribution is -0.133. The van der Waals surface area contributed by atoms with Crippen molar-refractivity contribution in [3.8, 4) is 6.07 Å². The normalized spacial score (nSPS) is 16.4. The van der Waals surface area contributed by atoms with Gasteiger partial charge in [0.2, 0.25) is 5.91 Å². The van der Waals surface area contributed by atoms with Gasteiger partial charge in [-0.25, -0.2) is 0 Å². The molecule has 1 aliphatic heterocycles. The summed E-state index contributed by atoms with van der Waals surface area (Å²) in [5.41, 5.74) is 0. The number of hydrogen-bond donors (Lipinski definition) is 0. The molecule has 20 heavy (non-hydrogen) atoms. The average Bonchev–Trinajstić information content (AvgIpc) is 2.97. The van der Waals surface area contributed by atoms with E-state index in [9.17, 15) is 4.79 Å². The van der Waals surface area contributed by atoms with E-state index < -0.39 is 0 Å². The summed E-state index contributed by atoms with van der Waals surface area (Å²) in [6.07, 6.45) is 6.01.